The molecule has 0 saturated carbocycles. The maximum Gasteiger partial charge on any atom is 0.339 e. The van der Waals surface area contributed by atoms with Crippen LogP contribution in [0.4, 0.5) is 0 Å². The average molecular weight is 238 g/mol. The van der Waals surface area contributed by atoms with Crippen LogP contribution >= 0.6 is 0 Å². The largest absolute Gasteiger partial charge is 0.490 e. The smallest absolute Gasteiger partial charge is 0.339 e. The first-order valence-electron chi connectivity index (χ1n) is 5.54. The van der Waals surface area contributed by atoms with Crippen molar-refractivity contribution in [1.29, 1.82) is 0 Å². The minimum absolute atomic E-state index is 0.0742. The Balaban J connectivity index is 2.81. The number of hydrogen-bond donors (Lipinski definition) is 1. The molecule has 0 bridgehead atoms. The van der Waals surface area contributed by atoms with Gasteiger partial charge >= 0.3 is 5.97 Å². The standard InChI is InChI=1S/C13H18O4/c1-9-4-5-11(13(14)15)12(8-9)17-10(2)6-7-16-3/h4-5,8,10H,6-7H2,1-3H3,(H,14,15). The third-order valence-corrected chi connectivity index (χ3v) is 2.42. The van der Waals surface area contributed by atoms with E-state index in [2.05, 4.69) is 0 Å². The minimum atomic E-state index is -0.973. The Morgan fingerprint density at radius 1 is 1.47 bits per heavy atom. The van der Waals surface area contributed by atoms with E-state index in [9.17, 15) is 4.79 Å². The number of ether oxygens (including phenoxy) is 2. The molecule has 1 unspecified atom stereocenters. The van der Waals surface area contributed by atoms with Gasteiger partial charge in [0.2, 0.25) is 0 Å². The van der Waals surface area contributed by atoms with Gasteiger partial charge in [0.15, 0.2) is 0 Å². The molecule has 17 heavy (non-hydrogen) atoms. The number of rotatable bonds is 6. The summed E-state index contributed by atoms with van der Waals surface area (Å²) in [5, 5.41) is 9.04. The summed E-state index contributed by atoms with van der Waals surface area (Å²) in [5.41, 5.74) is 1.17. The van der Waals surface area contributed by atoms with Gasteiger partial charge in [-0.25, -0.2) is 4.79 Å². The molecular weight excluding hydrogens is 220 g/mol. The van der Waals surface area contributed by atoms with Gasteiger partial charge in [0, 0.05) is 20.1 Å². The van der Waals surface area contributed by atoms with Crippen LogP contribution in [0.3, 0.4) is 0 Å². The van der Waals surface area contributed by atoms with Crippen LogP contribution in [0.5, 0.6) is 5.75 Å². The molecule has 1 N–H and O–H groups in total. The van der Waals surface area contributed by atoms with Crippen LogP contribution in [0.2, 0.25) is 0 Å². The van der Waals surface area contributed by atoms with Gasteiger partial charge in [-0.1, -0.05) is 6.07 Å². The van der Waals surface area contributed by atoms with Crippen molar-refractivity contribution in [3.63, 3.8) is 0 Å². The topological polar surface area (TPSA) is 55.8 Å². The Kier molecular flexibility index (Phi) is 4.97. The molecule has 1 atom stereocenters. The molecule has 0 heterocycles. The summed E-state index contributed by atoms with van der Waals surface area (Å²) in [4.78, 5) is 11.0. The zero-order valence-electron chi connectivity index (χ0n) is 10.4. The molecule has 0 spiro atoms. The van der Waals surface area contributed by atoms with E-state index in [0.29, 0.717) is 12.4 Å². The van der Waals surface area contributed by atoms with Crippen molar-refractivity contribution in [2.75, 3.05) is 13.7 Å². The molecule has 0 aliphatic rings. The fourth-order valence-electron chi connectivity index (χ4n) is 1.46. The maximum absolute atomic E-state index is 11.0. The van der Waals surface area contributed by atoms with E-state index in [-0.39, 0.29) is 11.7 Å². The van der Waals surface area contributed by atoms with Crippen LogP contribution in [0.1, 0.15) is 29.3 Å². The summed E-state index contributed by atoms with van der Waals surface area (Å²) in [5.74, 6) is -0.556. The lowest BCUT2D eigenvalue weighted by Gasteiger charge is -2.16. The Morgan fingerprint density at radius 3 is 2.76 bits per heavy atom. The molecule has 1 aromatic carbocycles. The van der Waals surface area contributed by atoms with Crippen LogP contribution < -0.4 is 4.74 Å². The normalized spacial score (nSPS) is 12.2. The van der Waals surface area contributed by atoms with E-state index in [1.807, 2.05) is 13.8 Å². The molecule has 4 nitrogen and oxygen atoms in total. The van der Waals surface area contributed by atoms with Gasteiger partial charge in [0.1, 0.15) is 11.3 Å². The lowest BCUT2D eigenvalue weighted by Crippen LogP contribution is -2.16. The van der Waals surface area contributed by atoms with E-state index >= 15 is 0 Å². The number of hydrogen-bond acceptors (Lipinski definition) is 3. The SMILES string of the molecule is COCCC(C)Oc1cc(C)ccc1C(=O)O. The second kappa shape index (κ2) is 6.25. The number of benzene rings is 1. The predicted octanol–water partition coefficient (Wildman–Crippen LogP) is 2.50. The molecule has 0 fully saturated rings. The Bertz CT molecular complexity index is 387. The molecular formula is C13H18O4. The summed E-state index contributed by atoms with van der Waals surface area (Å²) >= 11 is 0. The van der Waals surface area contributed by atoms with Crippen molar-refractivity contribution in [2.24, 2.45) is 0 Å². The Morgan fingerprint density at radius 2 is 2.18 bits per heavy atom. The van der Waals surface area contributed by atoms with Crippen LogP contribution in [0, 0.1) is 6.92 Å². The fourth-order valence-corrected chi connectivity index (χ4v) is 1.46. The number of carboxylic acid groups (broad SMARTS) is 1. The Hall–Kier alpha value is -1.55. The third kappa shape index (κ3) is 4.07. The van der Waals surface area contributed by atoms with Crippen LogP contribution in [-0.4, -0.2) is 30.9 Å². The summed E-state index contributed by atoms with van der Waals surface area (Å²) in [6.45, 7) is 4.39. The zero-order valence-corrected chi connectivity index (χ0v) is 10.4. The molecule has 0 amide bonds. The van der Waals surface area contributed by atoms with Gasteiger partial charge in [0.05, 0.1) is 6.10 Å². The van der Waals surface area contributed by atoms with Crippen LogP contribution in [0.25, 0.3) is 0 Å². The van der Waals surface area contributed by atoms with Crippen molar-refractivity contribution >= 4 is 5.97 Å². The molecule has 0 saturated heterocycles. The van der Waals surface area contributed by atoms with Gasteiger partial charge in [-0.05, 0) is 31.5 Å². The summed E-state index contributed by atoms with van der Waals surface area (Å²) in [7, 11) is 1.63. The van der Waals surface area contributed by atoms with Crippen molar-refractivity contribution in [3.05, 3.63) is 29.3 Å². The van der Waals surface area contributed by atoms with Crippen LogP contribution in [0.15, 0.2) is 18.2 Å². The van der Waals surface area contributed by atoms with Gasteiger partial charge in [0.25, 0.3) is 0 Å². The molecule has 0 aromatic heterocycles. The third-order valence-electron chi connectivity index (χ3n) is 2.42. The number of carbonyl (C=O) groups is 1. The average Bonchev–Trinajstić information content (AvgIpc) is 2.26. The number of carboxylic acids is 1. The first-order chi connectivity index (χ1) is 8.04. The van der Waals surface area contributed by atoms with E-state index in [0.717, 1.165) is 12.0 Å². The minimum Gasteiger partial charge on any atom is -0.490 e. The van der Waals surface area contributed by atoms with Crippen molar-refractivity contribution in [3.8, 4) is 5.75 Å². The first kappa shape index (κ1) is 13.5. The van der Waals surface area contributed by atoms with Crippen molar-refractivity contribution < 1.29 is 19.4 Å². The number of aryl methyl sites for hydroxylation is 1. The van der Waals surface area contributed by atoms with Crippen molar-refractivity contribution in [2.45, 2.75) is 26.4 Å². The van der Waals surface area contributed by atoms with E-state index in [4.69, 9.17) is 14.6 Å². The lowest BCUT2D eigenvalue weighted by molar-refractivity contribution is 0.0687. The molecule has 1 aromatic rings. The number of methoxy groups -OCH3 is 1. The maximum atomic E-state index is 11.0. The second-order valence-electron chi connectivity index (χ2n) is 4.01. The van der Waals surface area contributed by atoms with Gasteiger partial charge in [-0.15, -0.1) is 0 Å². The van der Waals surface area contributed by atoms with E-state index in [1.54, 1.807) is 25.3 Å². The molecule has 4 heteroatoms. The molecule has 0 radical (unpaired) electrons. The summed E-state index contributed by atoms with van der Waals surface area (Å²) in [6.07, 6.45) is 0.651. The van der Waals surface area contributed by atoms with E-state index < -0.39 is 5.97 Å². The lowest BCUT2D eigenvalue weighted by atomic mass is 10.1. The molecule has 0 aliphatic heterocycles. The van der Waals surface area contributed by atoms with Crippen molar-refractivity contribution in [1.82, 2.24) is 0 Å². The van der Waals surface area contributed by atoms with Gasteiger partial charge < -0.3 is 14.6 Å². The van der Waals surface area contributed by atoms with Gasteiger partial charge in [-0.2, -0.15) is 0 Å². The second-order valence-corrected chi connectivity index (χ2v) is 4.01. The monoisotopic (exact) mass is 238 g/mol. The molecule has 94 valence electrons. The van der Waals surface area contributed by atoms with E-state index in [1.165, 1.54) is 0 Å². The molecule has 1 rings (SSSR count). The predicted molar refractivity (Wildman–Crippen MR) is 64.7 cm³/mol. The number of aromatic carboxylic acids is 1. The quantitative estimate of drug-likeness (QED) is 0.827. The fraction of sp³-hybridized carbons (Fsp3) is 0.462. The summed E-state index contributed by atoms with van der Waals surface area (Å²) < 4.78 is 10.6. The highest BCUT2D eigenvalue weighted by atomic mass is 16.5. The Labute approximate surface area is 101 Å². The van der Waals surface area contributed by atoms with Crippen LogP contribution in [-0.2, 0) is 4.74 Å². The first-order valence-corrected chi connectivity index (χ1v) is 5.54. The molecule has 0 aliphatic carbocycles. The highest BCUT2D eigenvalue weighted by Gasteiger charge is 2.13. The highest BCUT2D eigenvalue weighted by Crippen LogP contribution is 2.22. The summed E-state index contributed by atoms with van der Waals surface area (Å²) in [6, 6.07) is 5.07. The highest BCUT2D eigenvalue weighted by molar-refractivity contribution is 5.90. The zero-order chi connectivity index (χ0) is 12.8. The van der Waals surface area contributed by atoms with Gasteiger partial charge in [-0.3, -0.25) is 0 Å².